The summed E-state index contributed by atoms with van der Waals surface area (Å²) in [5.74, 6) is 0.0633. The molecule has 0 saturated carbocycles. The fourth-order valence-electron chi connectivity index (χ4n) is 3.00. The summed E-state index contributed by atoms with van der Waals surface area (Å²) in [6, 6.07) is 18.3. The average molecular weight is 384 g/mol. The average Bonchev–Trinajstić information content (AvgIpc) is 3.33. The number of hydrazone groups is 1. The molecule has 1 aromatic heterocycles. The molecule has 0 spiro atoms. The SMILES string of the molecule is O=S(=O)(c1ccccc1)N1N=C(c2cccs2)CC1c1ccccc1O. The lowest BCUT2D eigenvalue weighted by atomic mass is 10.0. The normalized spacial score (nSPS) is 17.3. The molecule has 4 rings (SSSR count). The molecular weight excluding hydrogens is 368 g/mol. The van der Waals surface area contributed by atoms with Crippen molar-refractivity contribution in [1.82, 2.24) is 4.41 Å². The van der Waals surface area contributed by atoms with Gasteiger partial charge in [-0.2, -0.15) is 17.9 Å². The highest BCUT2D eigenvalue weighted by atomic mass is 32.2. The first-order valence-electron chi connectivity index (χ1n) is 8.06. The zero-order valence-corrected chi connectivity index (χ0v) is 15.3. The van der Waals surface area contributed by atoms with Crippen molar-refractivity contribution in [1.29, 1.82) is 0 Å². The van der Waals surface area contributed by atoms with E-state index < -0.39 is 16.1 Å². The Morgan fingerprint density at radius 1 is 1.00 bits per heavy atom. The van der Waals surface area contributed by atoms with Gasteiger partial charge in [0.05, 0.1) is 21.5 Å². The second-order valence-corrected chi connectivity index (χ2v) is 8.64. The van der Waals surface area contributed by atoms with Crippen LogP contribution >= 0.6 is 11.3 Å². The standard InChI is InChI=1S/C19H16N2O3S2/c22-18-10-5-4-9-15(18)17-13-16(19-11-6-12-25-19)20-21(17)26(23,24)14-7-2-1-3-8-14/h1-12,17,22H,13H2. The molecule has 0 radical (unpaired) electrons. The van der Waals surface area contributed by atoms with Gasteiger partial charge in [0.15, 0.2) is 0 Å². The summed E-state index contributed by atoms with van der Waals surface area (Å²) in [6.07, 6.45) is 0.407. The smallest absolute Gasteiger partial charge is 0.279 e. The van der Waals surface area contributed by atoms with E-state index in [-0.39, 0.29) is 10.6 Å². The van der Waals surface area contributed by atoms with Crippen LogP contribution in [0.1, 0.15) is 22.9 Å². The second-order valence-electron chi connectivity index (χ2n) is 5.89. The molecule has 1 aliphatic rings. The molecule has 7 heteroatoms. The number of hydrogen-bond donors (Lipinski definition) is 1. The molecule has 5 nitrogen and oxygen atoms in total. The van der Waals surface area contributed by atoms with Crippen molar-refractivity contribution >= 4 is 27.1 Å². The number of phenolic OH excluding ortho intramolecular Hbond substituents is 1. The van der Waals surface area contributed by atoms with E-state index in [9.17, 15) is 13.5 Å². The highest BCUT2D eigenvalue weighted by Crippen LogP contribution is 2.40. The molecule has 1 unspecified atom stereocenters. The Kier molecular flexibility index (Phi) is 4.26. The highest BCUT2D eigenvalue weighted by molar-refractivity contribution is 7.89. The van der Waals surface area contributed by atoms with E-state index in [1.807, 2.05) is 17.5 Å². The molecule has 2 aromatic carbocycles. The number of phenols is 1. The molecule has 0 bridgehead atoms. The molecule has 132 valence electrons. The van der Waals surface area contributed by atoms with Gasteiger partial charge in [-0.05, 0) is 29.6 Å². The Bertz CT molecular complexity index is 1050. The Hall–Kier alpha value is -2.64. The number of para-hydroxylation sites is 1. The molecule has 1 aliphatic heterocycles. The number of sulfonamides is 1. The molecule has 3 aromatic rings. The van der Waals surface area contributed by atoms with Gasteiger partial charge in [0.1, 0.15) is 5.75 Å². The third-order valence-electron chi connectivity index (χ3n) is 4.26. The summed E-state index contributed by atoms with van der Waals surface area (Å²) >= 11 is 1.52. The second kappa shape index (κ2) is 6.59. The summed E-state index contributed by atoms with van der Waals surface area (Å²) in [6.45, 7) is 0. The molecule has 0 fully saturated rings. The summed E-state index contributed by atoms with van der Waals surface area (Å²) in [4.78, 5) is 1.10. The lowest BCUT2D eigenvalue weighted by Gasteiger charge is -2.24. The quantitative estimate of drug-likeness (QED) is 0.739. The predicted molar refractivity (Wildman–Crippen MR) is 102 cm³/mol. The molecule has 26 heavy (non-hydrogen) atoms. The van der Waals surface area contributed by atoms with Gasteiger partial charge in [0.2, 0.25) is 0 Å². The molecule has 0 saturated heterocycles. The topological polar surface area (TPSA) is 70.0 Å². The van der Waals surface area contributed by atoms with Crippen LogP contribution in [-0.2, 0) is 10.0 Å². The van der Waals surface area contributed by atoms with Crippen molar-refractivity contribution in [3.05, 3.63) is 82.6 Å². The minimum atomic E-state index is -3.84. The van der Waals surface area contributed by atoms with Crippen molar-refractivity contribution in [3.8, 4) is 5.75 Å². The van der Waals surface area contributed by atoms with E-state index in [0.29, 0.717) is 17.7 Å². The van der Waals surface area contributed by atoms with Crippen molar-refractivity contribution < 1.29 is 13.5 Å². The minimum absolute atomic E-state index is 0.0633. The molecule has 2 heterocycles. The zero-order chi connectivity index (χ0) is 18.1. The van der Waals surface area contributed by atoms with Gasteiger partial charge in [-0.1, -0.05) is 42.5 Å². The molecule has 0 amide bonds. The van der Waals surface area contributed by atoms with Gasteiger partial charge >= 0.3 is 0 Å². The van der Waals surface area contributed by atoms with Crippen LogP contribution < -0.4 is 0 Å². The number of hydrogen-bond acceptors (Lipinski definition) is 5. The van der Waals surface area contributed by atoms with Crippen molar-refractivity contribution in [2.45, 2.75) is 17.4 Å². The maximum Gasteiger partial charge on any atom is 0.279 e. The van der Waals surface area contributed by atoms with Crippen LogP contribution in [0.15, 0.2) is 82.1 Å². The van der Waals surface area contributed by atoms with Gasteiger partial charge in [-0.15, -0.1) is 11.3 Å². The van der Waals surface area contributed by atoms with E-state index in [0.717, 1.165) is 9.29 Å². The molecular formula is C19H16N2O3S2. The van der Waals surface area contributed by atoms with Crippen molar-refractivity contribution in [3.63, 3.8) is 0 Å². The summed E-state index contributed by atoms with van der Waals surface area (Å²) in [5.41, 5.74) is 1.25. The Labute approximate surface area is 155 Å². The summed E-state index contributed by atoms with van der Waals surface area (Å²) in [7, 11) is -3.84. The van der Waals surface area contributed by atoms with Gasteiger partial charge in [0, 0.05) is 12.0 Å². The van der Waals surface area contributed by atoms with Crippen molar-refractivity contribution in [2.75, 3.05) is 0 Å². The summed E-state index contributed by atoms with van der Waals surface area (Å²) in [5, 5.41) is 16.6. The summed E-state index contributed by atoms with van der Waals surface area (Å²) < 4.78 is 27.5. The maximum atomic E-state index is 13.2. The first-order valence-corrected chi connectivity index (χ1v) is 10.4. The third kappa shape index (κ3) is 2.89. The monoisotopic (exact) mass is 384 g/mol. The van der Waals surface area contributed by atoms with Crippen molar-refractivity contribution in [2.24, 2.45) is 5.10 Å². The largest absolute Gasteiger partial charge is 0.508 e. The molecule has 1 atom stereocenters. The molecule has 0 aliphatic carbocycles. The van der Waals surface area contributed by atoms with E-state index in [1.165, 1.54) is 11.3 Å². The predicted octanol–water partition coefficient (Wildman–Crippen LogP) is 3.99. The Balaban J connectivity index is 1.83. The third-order valence-corrected chi connectivity index (χ3v) is 6.88. The van der Waals surface area contributed by atoms with E-state index in [4.69, 9.17) is 0 Å². The number of aromatic hydroxyl groups is 1. The van der Waals surface area contributed by atoms with Crippen LogP contribution in [0.2, 0.25) is 0 Å². The lowest BCUT2D eigenvalue weighted by molar-refractivity contribution is 0.358. The Morgan fingerprint density at radius 3 is 2.42 bits per heavy atom. The van der Waals surface area contributed by atoms with E-state index in [2.05, 4.69) is 5.10 Å². The van der Waals surface area contributed by atoms with Crippen LogP contribution in [0, 0.1) is 0 Å². The van der Waals surface area contributed by atoms with Gasteiger partial charge in [0.25, 0.3) is 10.0 Å². The maximum absolute atomic E-state index is 13.2. The fraction of sp³-hybridized carbons (Fsp3) is 0.105. The van der Waals surface area contributed by atoms with E-state index >= 15 is 0 Å². The van der Waals surface area contributed by atoms with Gasteiger partial charge in [-0.3, -0.25) is 0 Å². The molecule has 1 N–H and O–H groups in total. The van der Waals surface area contributed by atoms with Crippen LogP contribution in [-0.4, -0.2) is 23.7 Å². The van der Waals surface area contributed by atoms with Crippen LogP contribution in [0.4, 0.5) is 0 Å². The number of nitrogens with zero attached hydrogens (tertiary/aromatic N) is 2. The van der Waals surface area contributed by atoms with Crippen LogP contribution in [0.3, 0.4) is 0 Å². The number of thiophene rings is 1. The highest BCUT2D eigenvalue weighted by Gasteiger charge is 2.38. The number of rotatable bonds is 4. The lowest BCUT2D eigenvalue weighted by Crippen LogP contribution is -2.27. The van der Waals surface area contributed by atoms with Gasteiger partial charge in [-0.25, -0.2) is 0 Å². The van der Waals surface area contributed by atoms with Gasteiger partial charge < -0.3 is 5.11 Å². The van der Waals surface area contributed by atoms with E-state index in [1.54, 1.807) is 54.6 Å². The fourth-order valence-corrected chi connectivity index (χ4v) is 5.17. The zero-order valence-electron chi connectivity index (χ0n) is 13.7. The Morgan fingerprint density at radius 2 is 1.73 bits per heavy atom. The number of benzene rings is 2. The first-order chi connectivity index (χ1) is 12.6. The first kappa shape index (κ1) is 16.8. The van der Waals surface area contributed by atoms with Crippen LogP contribution in [0.25, 0.3) is 0 Å². The minimum Gasteiger partial charge on any atom is -0.508 e. The van der Waals surface area contributed by atoms with Crippen LogP contribution in [0.5, 0.6) is 5.75 Å².